The summed E-state index contributed by atoms with van der Waals surface area (Å²) >= 11 is 0. The summed E-state index contributed by atoms with van der Waals surface area (Å²) in [7, 11) is 0. The molecule has 0 amide bonds. The molecule has 0 fully saturated rings. The highest BCUT2D eigenvalue weighted by Gasteiger charge is 2.07. The van der Waals surface area contributed by atoms with E-state index in [-0.39, 0.29) is 5.82 Å². The number of imidazole rings is 1. The lowest BCUT2D eigenvalue weighted by Crippen LogP contribution is -2.17. The van der Waals surface area contributed by atoms with Crippen LogP contribution in [0.4, 0.5) is 4.39 Å². The van der Waals surface area contributed by atoms with E-state index >= 15 is 0 Å². The minimum Gasteiger partial charge on any atom is -0.327 e. The van der Waals surface area contributed by atoms with Crippen molar-refractivity contribution in [3.8, 4) is 0 Å². The molecule has 0 aliphatic rings. The lowest BCUT2D eigenvalue weighted by atomic mass is 10.2. The van der Waals surface area contributed by atoms with Crippen LogP contribution < -0.4 is 5.32 Å². The minimum atomic E-state index is -0.194. The summed E-state index contributed by atoms with van der Waals surface area (Å²) in [4.78, 5) is 4.34. The number of aromatic nitrogens is 2. The molecule has 0 unspecified atom stereocenters. The summed E-state index contributed by atoms with van der Waals surface area (Å²) in [5.74, 6) is 0.762. The lowest BCUT2D eigenvalue weighted by molar-refractivity contribution is 0.611. The molecular weight excluding hydrogens is 241 g/mol. The van der Waals surface area contributed by atoms with Crippen molar-refractivity contribution in [1.29, 1.82) is 0 Å². The molecule has 4 heteroatoms. The molecule has 0 aliphatic heterocycles. The van der Waals surface area contributed by atoms with Crippen LogP contribution in [-0.2, 0) is 13.1 Å². The van der Waals surface area contributed by atoms with Crippen molar-refractivity contribution >= 4 is 0 Å². The Morgan fingerprint density at radius 2 is 2.21 bits per heavy atom. The van der Waals surface area contributed by atoms with Crippen LogP contribution in [0, 0.1) is 12.7 Å². The van der Waals surface area contributed by atoms with Gasteiger partial charge < -0.3 is 9.88 Å². The number of aryl methyl sites for hydroxylation is 1. The fourth-order valence-corrected chi connectivity index (χ4v) is 2.08. The van der Waals surface area contributed by atoms with Crippen LogP contribution in [0.3, 0.4) is 0 Å². The van der Waals surface area contributed by atoms with Crippen molar-refractivity contribution in [3.63, 3.8) is 0 Å². The second kappa shape index (κ2) is 6.48. The third kappa shape index (κ3) is 3.64. The normalized spacial score (nSPS) is 10.9. The highest BCUT2D eigenvalue weighted by atomic mass is 19.1. The maximum atomic E-state index is 13.2. The van der Waals surface area contributed by atoms with Gasteiger partial charge >= 0.3 is 0 Å². The standard InChI is InChI=1S/C15H20FN3/c1-3-7-17-9-15-10-18-12(2)19(15)11-13-5-4-6-14(16)8-13/h4-6,8,10,17H,3,7,9,11H2,1-2H3. The number of nitrogens with one attached hydrogen (secondary N) is 1. The number of halogens is 1. The van der Waals surface area contributed by atoms with E-state index in [0.717, 1.165) is 36.6 Å². The van der Waals surface area contributed by atoms with Gasteiger partial charge in [-0.3, -0.25) is 0 Å². The Balaban J connectivity index is 2.12. The fraction of sp³-hybridized carbons (Fsp3) is 0.400. The number of rotatable bonds is 6. The predicted molar refractivity (Wildman–Crippen MR) is 74.5 cm³/mol. The fourth-order valence-electron chi connectivity index (χ4n) is 2.08. The molecule has 2 rings (SSSR count). The second-order valence-corrected chi connectivity index (χ2v) is 4.69. The predicted octanol–water partition coefficient (Wildman–Crippen LogP) is 2.88. The van der Waals surface area contributed by atoms with Gasteiger partial charge in [-0.05, 0) is 37.6 Å². The molecule has 102 valence electrons. The van der Waals surface area contributed by atoms with Crippen LogP contribution in [0.2, 0.25) is 0 Å². The smallest absolute Gasteiger partial charge is 0.123 e. The van der Waals surface area contributed by atoms with E-state index < -0.39 is 0 Å². The highest BCUT2D eigenvalue weighted by molar-refractivity contribution is 5.18. The van der Waals surface area contributed by atoms with Crippen molar-refractivity contribution in [2.75, 3.05) is 6.54 Å². The van der Waals surface area contributed by atoms with E-state index in [1.165, 1.54) is 6.07 Å². The Kier molecular flexibility index (Phi) is 4.68. The summed E-state index contributed by atoms with van der Waals surface area (Å²) in [6, 6.07) is 6.72. The molecule has 1 aromatic carbocycles. The van der Waals surface area contributed by atoms with Gasteiger partial charge in [-0.15, -0.1) is 0 Å². The van der Waals surface area contributed by atoms with Gasteiger partial charge in [0.05, 0.1) is 5.69 Å². The zero-order chi connectivity index (χ0) is 13.7. The number of benzene rings is 1. The van der Waals surface area contributed by atoms with Crippen molar-refractivity contribution in [2.45, 2.75) is 33.4 Å². The molecule has 0 saturated carbocycles. The van der Waals surface area contributed by atoms with E-state index in [1.807, 2.05) is 19.2 Å². The van der Waals surface area contributed by atoms with Gasteiger partial charge in [0.1, 0.15) is 11.6 Å². The van der Waals surface area contributed by atoms with Crippen LogP contribution in [0.1, 0.15) is 30.4 Å². The first-order valence-corrected chi connectivity index (χ1v) is 6.67. The van der Waals surface area contributed by atoms with Crippen LogP contribution >= 0.6 is 0 Å². The zero-order valence-electron chi connectivity index (χ0n) is 11.5. The van der Waals surface area contributed by atoms with Crippen LogP contribution in [0.15, 0.2) is 30.5 Å². The molecule has 3 nitrogen and oxygen atoms in total. The van der Waals surface area contributed by atoms with Crippen LogP contribution in [0.5, 0.6) is 0 Å². The summed E-state index contributed by atoms with van der Waals surface area (Å²) in [5, 5.41) is 3.37. The van der Waals surface area contributed by atoms with Crippen molar-refractivity contribution in [1.82, 2.24) is 14.9 Å². The van der Waals surface area contributed by atoms with E-state index in [4.69, 9.17) is 0 Å². The number of nitrogens with zero attached hydrogens (tertiary/aromatic N) is 2. The van der Waals surface area contributed by atoms with Crippen LogP contribution in [-0.4, -0.2) is 16.1 Å². The van der Waals surface area contributed by atoms with Gasteiger partial charge in [-0.1, -0.05) is 19.1 Å². The first kappa shape index (κ1) is 13.7. The first-order chi connectivity index (χ1) is 9.20. The molecule has 0 aliphatic carbocycles. The zero-order valence-corrected chi connectivity index (χ0v) is 11.5. The average Bonchev–Trinajstić information content (AvgIpc) is 2.72. The Morgan fingerprint density at radius 1 is 1.37 bits per heavy atom. The Labute approximate surface area is 113 Å². The number of hydrogen-bond acceptors (Lipinski definition) is 2. The van der Waals surface area contributed by atoms with Crippen LogP contribution in [0.25, 0.3) is 0 Å². The van der Waals surface area contributed by atoms with Crippen molar-refractivity contribution in [2.24, 2.45) is 0 Å². The summed E-state index contributed by atoms with van der Waals surface area (Å²) in [6.07, 6.45) is 2.99. The van der Waals surface area contributed by atoms with E-state index in [9.17, 15) is 4.39 Å². The molecule has 0 bridgehead atoms. The molecule has 0 atom stereocenters. The van der Waals surface area contributed by atoms with E-state index in [2.05, 4.69) is 21.8 Å². The van der Waals surface area contributed by atoms with Crippen molar-refractivity contribution in [3.05, 3.63) is 53.4 Å². The lowest BCUT2D eigenvalue weighted by Gasteiger charge is -2.11. The molecule has 2 aromatic rings. The van der Waals surface area contributed by atoms with E-state index in [0.29, 0.717) is 6.54 Å². The average molecular weight is 261 g/mol. The van der Waals surface area contributed by atoms with Gasteiger partial charge in [-0.25, -0.2) is 9.37 Å². The van der Waals surface area contributed by atoms with Gasteiger partial charge in [0.2, 0.25) is 0 Å². The van der Waals surface area contributed by atoms with Gasteiger partial charge in [0.25, 0.3) is 0 Å². The van der Waals surface area contributed by atoms with Crippen molar-refractivity contribution < 1.29 is 4.39 Å². The molecule has 1 N–H and O–H groups in total. The molecule has 0 spiro atoms. The molecule has 1 aromatic heterocycles. The minimum absolute atomic E-state index is 0.194. The summed E-state index contributed by atoms with van der Waals surface area (Å²) in [5.41, 5.74) is 2.09. The van der Waals surface area contributed by atoms with Gasteiger partial charge in [-0.2, -0.15) is 0 Å². The van der Waals surface area contributed by atoms with Gasteiger partial charge in [0, 0.05) is 19.3 Å². The largest absolute Gasteiger partial charge is 0.327 e. The maximum absolute atomic E-state index is 13.2. The van der Waals surface area contributed by atoms with E-state index in [1.54, 1.807) is 12.1 Å². The molecule has 0 radical (unpaired) electrons. The SMILES string of the molecule is CCCNCc1cnc(C)n1Cc1cccc(F)c1. The molecule has 1 heterocycles. The maximum Gasteiger partial charge on any atom is 0.123 e. The molecule has 0 saturated heterocycles. The first-order valence-electron chi connectivity index (χ1n) is 6.67. The third-order valence-electron chi connectivity index (χ3n) is 3.10. The Morgan fingerprint density at radius 3 is 2.95 bits per heavy atom. The summed E-state index contributed by atoms with van der Waals surface area (Å²) in [6.45, 7) is 6.56. The van der Waals surface area contributed by atoms with Gasteiger partial charge in [0.15, 0.2) is 0 Å². The second-order valence-electron chi connectivity index (χ2n) is 4.69. The number of hydrogen-bond donors (Lipinski definition) is 1. The Hall–Kier alpha value is -1.68. The highest BCUT2D eigenvalue weighted by Crippen LogP contribution is 2.11. The molecular formula is C15H20FN3. The monoisotopic (exact) mass is 261 g/mol. The quantitative estimate of drug-likeness (QED) is 0.810. The topological polar surface area (TPSA) is 29.9 Å². The third-order valence-corrected chi connectivity index (χ3v) is 3.10. The summed E-state index contributed by atoms with van der Waals surface area (Å²) < 4.78 is 15.3. The molecule has 19 heavy (non-hydrogen) atoms. The Bertz CT molecular complexity index is 534.